The molecule has 0 bridgehead atoms. The van der Waals surface area contributed by atoms with Crippen LogP contribution in [-0.2, 0) is 6.54 Å². The molecule has 1 aromatic carbocycles. The van der Waals surface area contributed by atoms with Crippen LogP contribution >= 0.6 is 11.6 Å². The van der Waals surface area contributed by atoms with E-state index in [0.717, 1.165) is 6.54 Å². The largest absolute Gasteiger partial charge is 0.299 e. The van der Waals surface area contributed by atoms with Gasteiger partial charge in [0.05, 0.1) is 0 Å². The highest BCUT2D eigenvalue weighted by Crippen LogP contribution is 2.25. The third-order valence-electron chi connectivity index (χ3n) is 4.18. The van der Waals surface area contributed by atoms with Crippen LogP contribution in [0.2, 0.25) is 0 Å². The molecule has 100 valence electrons. The summed E-state index contributed by atoms with van der Waals surface area (Å²) < 4.78 is 0. The van der Waals surface area contributed by atoms with E-state index >= 15 is 0 Å². The zero-order valence-electron chi connectivity index (χ0n) is 11.7. The van der Waals surface area contributed by atoms with Crippen LogP contribution in [0.1, 0.15) is 36.5 Å². The minimum atomic E-state index is 0.327. The zero-order chi connectivity index (χ0) is 13.1. The van der Waals surface area contributed by atoms with Gasteiger partial charge in [-0.25, -0.2) is 0 Å². The predicted molar refractivity (Wildman–Crippen MR) is 79.2 cm³/mol. The summed E-state index contributed by atoms with van der Waals surface area (Å²) in [6.45, 7) is 9.99. The number of likely N-dealkylation sites (tertiary alicyclic amines) is 1. The minimum absolute atomic E-state index is 0.327. The summed E-state index contributed by atoms with van der Waals surface area (Å²) >= 11 is 6.19. The van der Waals surface area contributed by atoms with E-state index in [0.29, 0.717) is 11.3 Å². The molecule has 1 aliphatic rings. The number of aryl methyl sites for hydroxylation is 2. The fourth-order valence-corrected chi connectivity index (χ4v) is 3.03. The van der Waals surface area contributed by atoms with Crippen molar-refractivity contribution in [1.82, 2.24) is 4.90 Å². The maximum absolute atomic E-state index is 6.19. The van der Waals surface area contributed by atoms with Gasteiger partial charge >= 0.3 is 0 Å². The molecular formula is C16H24ClN. The van der Waals surface area contributed by atoms with E-state index < -0.39 is 0 Å². The highest BCUT2D eigenvalue weighted by molar-refractivity contribution is 6.20. The number of hydrogen-bond donors (Lipinski definition) is 0. The lowest BCUT2D eigenvalue weighted by Crippen LogP contribution is -2.35. The van der Waals surface area contributed by atoms with Gasteiger partial charge < -0.3 is 0 Å². The summed E-state index contributed by atoms with van der Waals surface area (Å²) in [6, 6.07) is 6.75. The third-order valence-corrected chi connectivity index (χ3v) is 4.54. The number of halogens is 1. The summed E-state index contributed by atoms with van der Waals surface area (Å²) in [6.07, 6.45) is 2.49. The van der Waals surface area contributed by atoms with E-state index in [1.807, 2.05) is 0 Å². The number of benzene rings is 1. The standard InChI is InChI=1S/C16H24ClN/c1-12-4-5-13(2)16(10-12)11-18-8-6-15(7-9-18)14(3)17/h4-5,10,14-15H,6-9,11H2,1-3H3. The number of rotatable bonds is 3. The summed E-state index contributed by atoms with van der Waals surface area (Å²) in [5, 5.41) is 0.327. The molecule has 1 aliphatic heterocycles. The van der Waals surface area contributed by atoms with Crippen LogP contribution in [0.4, 0.5) is 0 Å². The van der Waals surface area contributed by atoms with Gasteiger partial charge in [0.15, 0.2) is 0 Å². The van der Waals surface area contributed by atoms with Gasteiger partial charge in [-0.3, -0.25) is 4.90 Å². The van der Waals surface area contributed by atoms with E-state index in [9.17, 15) is 0 Å². The smallest absolute Gasteiger partial charge is 0.0337 e. The molecule has 0 aromatic heterocycles. The first-order valence-corrected chi connectivity index (χ1v) is 7.42. The predicted octanol–water partition coefficient (Wildman–Crippen LogP) is 4.14. The summed E-state index contributed by atoms with van der Waals surface area (Å²) in [4.78, 5) is 2.57. The van der Waals surface area contributed by atoms with E-state index in [1.165, 1.54) is 42.6 Å². The maximum atomic E-state index is 6.19. The molecule has 1 nitrogen and oxygen atoms in total. The molecule has 1 aromatic rings. The van der Waals surface area contributed by atoms with Crippen LogP contribution in [0.25, 0.3) is 0 Å². The molecule has 0 amide bonds. The lowest BCUT2D eigenvalue weighted by molar-refractivity contribution is 0.176. The van der Waals surface area contributed by atoms with Gasteiger partial charge in [-0.15, -0.1) is 11.6 Å². The number of nitrogens with zero attached hydrogens (tertiary/aromatic N) is 1. The molecule has 1 saturated heterocycles. The molecule has 1 unspecified atom stereocenters. The number of piperidine rings is 1. The lowest BCUT2D eigenvalue weighted by atomic mass is 9.93. The van der Waals surface area contributed by atoms with Gasteiger partial charge in [-0.2, -0.15) is 0 Å². The van der Waals surface area contributed by atoms with Crippen LogP contribution in [0.3, 0.4) is 0 Å². The molecule has 0 saturated carbocycles. The Bertz CT molecular complexity index is 392. The van der Waals surface area contributed by atoms with Crippen LogP contribution in [0, 0.1) is 19.8 Å². The molecule has 0 aliphatic carbocycles. The second kappa shape index (κ2) is 6.08. The average molecular weight is 266 g/mol. The Kier molecular flexibility index (Phi) is 4.69. The van der Waals surface area contributed by atoms with Crippen molar-refractivity contribution in [2.24, 2.45) is 5.92 Å². The first-order chi connectivity index (χ1) is 8.56. The Morgan fingerprint density at radius 1 is 1.28 bits per heavy atom. The van der Waals surface area contributed by atoms with Crippen molar-refractivity contribution in [1.29, 1.82) is 0 Å². The Morgan fingerprint density at radius 2 is 1.94 bits per heavy atom. The van der Waals surface area contributed by atoms with E-state index in [4.69, 9.17) is 11.6 Å². The summed E-state index contributed by atoms with van der Waals surface area (Å²) in [5.41, 5.74) is 4.25. The molecule has 1 heterocycles. The van der Waals surface area contributed by atoms with Crippen LogP contribution in [0.15, 0.2) is 18.2 Å². The number of hydrogen-bond acceptors (Lipinski definition) is 1. The van der Waals surface area contributed by atoms with Crippen molar-refractivity contribution in [2.75, 3.05) is 13.1 Å². The van der Waals surface area contributed by atoms with E-state index in [2.05, 4.69) is 43.9 Å². The van der Waals surface area contributed by atoms with Crippen LogP contribution in [0.5, 0.6) is 0 Å². The van der Waals surface area contributed by atoms with Gasteiger partial charge in [0.25, 0.3) is 0 Å². The van der Waals surface area contributed by atoms with Gasteiger partial charge in [-0.05, 0) is 63.7 Å². The second-order valence-electron chi connectivity index (χ2n) is 5.72. The van der Waals surface area contributed by atoms with Crippen LogP contribution < -0.4 is 0 Å². The van der Waals surface area contributed by atoms with Crippen molar-refractivity contribution in [3.8, 4) is 0 Å². The molecule has 2 rings (SSSR count). The lowest BCUT2D eigenvalue weighted by Gasteiger charge is -2.33. The highest BCUT2D eigenvalue weighted by Gasteiger charge is 2.22. The maximum Gasteiger partial charge on any atom is 0.0337 e. The topological polar surface area (TPSA) is 3.24 Å². The molecule has 1 atom stereocenters. The molecule has 18 heavy (non-hydrogen) atoms. The van der Waals surface area contributed by atoms with Gasteiger partial charge in [0, 0.05) is 11.9 Å². The fraction of sp³-hybridized carbons (Fsp3) is 0.625. The Balaban J connectivity index is 1.93. The quantitative estimate of drug-likeness (QED) is 0.743. The number of alkyl halides is 1. The third kappa shape index (κ3) is 3.49. The van der Waals surface area contributed by atoms with E-state index in [-0.39, 0.29) is 0 Å². The molecule has 2 heteroatoms. The fourth-order valence-electron chi connectivity index (χ4n) is 2.78. The van der Waals surface area contributed by atoms with Crippen molar-refractivity contribution in [3.05, 3.63) is 34.9 Å². The Labute approximate surface area is 116 Å². The van der Waals surface area contributed by atoms with Crippen molar-refractivity contribution < 1.29 is 0 Å². The zero-order valence-corrected chi connectivity index (χ0v) is 12.5. The second-order valence-corrected chi connectivity index (χ2v) is 6.41. The molecular weight excluding hydrogens is 242 g/mol. The summed E-state index contributed by atoms with van der Waals surface area (Å²) in [7, 11) is 0. The molecule has 0 N–H and O–H groups in total. The van der Waals surface area contributed by atoms with Crippen molar-refractivity contribution in [2.45, 2.75) is 45.5 Å². The SMILES string of the molecule is Cc1ccc(C)c(CN2CCC(C(C)Cl)CC2)c1. The molecule has 0 radical (unpaired) electrons. The van der Waals surface area contributed by atoms with Crippen molar-refractivity contribution in [3.63, 3.8) is 0 Å². The van der Waals surface area contributed by atoms with E-state index in [1.54, 1.807) is 0 Å². The highest BCUT2D eigenvalue weighted by atomic mass is 35.5. The Morgan fingerprint density at radius 3 is 2.56 bits per heavy atom. The normalized spacial score (nSPS) is 20.0. The monoisotopic (exact) mass is 265 g/mol. The van der Waals surface area contributed by atoms with Gasteiger partial charge in [-0.1, -0.05) is 23.8 Å². The Hall–Kier alpha value is -0.530. The minimum Gasteiger partial charge on any atom is -0.299 e. The summed E-state index contributed by atoms with van der Waals surface area (Å²) in [5.74, 6) is 0.710. The van der Waals surface area contributed by atoms with Crippen molar-refractivity contribution >= 4 is 11.6 Å². The molecule has 1 fully saturated rings. The van der Waals surface area contributed by atoms with Gasteiger partial charge in [0.1, 0.15) is 0 Å². The molecule has 0 spiro atoms. The average Bonchev–Trinajstić information content (AvgIpc) is 2.34. The first-order valence-electron chi connectivity index (χ1n) is 6.99. The first kappa shape index (κ1) is 13.9. The van der Waals surface area contributed by atoms with Crippen LogP contribution in [-0.4, -0.2) is 23.4 Å². The van der Waals surface area contributed by atoms with Gasteiger partial charge in [0.2, 0.25) is 0 Å².